The normalized spacial score (nSPS) is 13.1. The van der Waals surface area contributed by atoms with Crippen LogP contribution in [-0.2, 0) is 5.41 Å². The van der Waals surface area contributed by atoms with Crippen LogP contribution in [0.4, 0.5) is 17.1 Å². The molecule has 0 aliphatic heterocycles. The van der Waals surface area contributed by atoms with Crippen LogP contribution < -0.4 is 4.90 Å². The van der Waals surface area contributed by atoms with Gasteiger partial charge in [-0.1, -0.05) is 147 Å². The van der Waals surface area contributed by atoms with Crippen molar-refractivity contribution in [3.05, 3.63) is 193 Å². The monoisotopic (exact) mass is 652 g/mol. The zero-order chi connectivity index (χ0) is 34.1. The molecule has 0 saturated heterocycles. The quantitative estimate of drug-likeness (QED) is 0.180. The first-order valence-electron chi connectivity index (χ1n) is 17.8. The molecule has 51 heavy (non-hydrogen) atoms. The smallest absolute Gasteiger partial charge is 0.0620 e. The SMILES string of the molecule is CC1(C)c2ccccc2-c2cc(N(c3ccc4ccc5c6ccccc6n(-c6ccccc6)c5c4c3)c3ccccc3-c3ccccc3)ccc21. The highest BCUT2D eigenvalue weighted by atomic mass is 15.1. The van der Waals surface area contributed by atoms with Crippen LogP contribution in [0.15, 0.2) is 182 Å². The molecule has 1 heterocycles. The molecular formula is C49H36N2. The molecule has 1 aliphatic rings. The first-order valence-corrected chi connectivity index (χ1v) is 17.8. The minimum atomic E-state index is -0.0589. The van der Waals surface area contributed by atoms with Gasteiger partial charge < -0.3 is 9.47 Å². The Bertz CT molecular complexity index is 2770. The lowest BCUT2D eigenvalue weighted by atomic mass is 9.82. The van der Waals surface area contributed by atoms with Crippen molar-refractivity contribution in [2.45, 2.75) is 19.3 Å². The van der Waals surface area contributed by atoms with Gasteiger partial charge in [0.1, 0.15) is 0 Å². The van der Waals surface area contributed by atoms with Gasteiger partial charge in [-0.25, -0.2) is 0 Å². The van der Waals surface area contributed by atoms with E-state index in [2.05, 4.69) is 205 Å². The fourth-order valence-corrected chi connectivity index (χ4v) is 8.56. The predicted molar refractivity (Wildman–Crippen MR) is 216 cm³/mol. The fraction of sp³-hybridized carbons (Fsp3) is 0.0612. The lowest BCUT2D eigenvalue weighted by Crippen LogP contribution is -2.15. The van der Waals surface area contributed by atoms with Gasteiger partial charge in [-0.15, -0.1) is 0 Å². The highest BCUT2D eigenvalue weighted by Gasteiger charge is 2.35. The average molecular weight is 653 g/mol. The molecule has 0 fully saturated rings. The molecule has 0 saturated carbocycles. The van der Waals surface area contributed by atoms with Gasteiger partial charge in [-0.05, 0) is 81.7 Å². The second-order valence-electron chi connectivity index (χ2n) is 14.2. The van der Waals surface area contributed by atoms with E-state index in [0.717, 1.165) is 22.7 Å². The lowest BCUT2D eigenvalue weighted by Gasteiger charge is -2.29. The van der Waals surface area contributed by atoms with Crippen molar-refractivity contribution in [2.24, 2.45) is 0 Å². The van der Waals surface area contributed by atoms with E-state index in [4.69, 9.17) is 0 Å². The third-order valence-corrected chi connectivity index (χ3v) is 11.0. The van der Waals surface area contributed by atoms with E-state index >= 15 is 0 Å². The molecule has 0 spiro atoms. The minimum absolute atomic E-state index is 0.0589. The molecule has 1 aromatic heterocycles. The number of hydrogen-bond acceptors (Lipinski definition) is 1. The van der Waals surface area contributed by atoms with Crippen LogP contribution in [0.2, 0.25) is 0 Å². The van der Waals surface area contributed by atoms with Crippen LogP contribution in [0.3, 0.4) is 0 Å². The van der Waals surface area contributed by atoms with E-state index in [0.29, 0.717) is 0 Å². The van der Waals surface area contributed by atoms with E-state index in [1.807, 2.05) is 0 Å². The largest absolute Gasteiger partial charge is 0.310 e. The van der Waals surface area contributed by atoms with Gasteiger partial charge in [0.15, 0.2) is 0 Å². The van der Waals surface area contributed by atoms with Crippen molar-refractivity contribution in [1.29, 1.82) is 0 Å². The standard InChI is InChI=1S/C49H36N2/c1-49(2)44-22-12-9-20-39(44)43-32-37(28-30-45(43)49)50(46-23-13-10-19-38(46)33-15-5-3-6-16-33)36-27-25-34-26-29-41-40-21-11-14-24-47(40)51(48(41)42(34)31-36)35-17-7-4-8-18-35/h3-32H,1-2H3. The van der Waals surface area contributed by atoms with Gasteiger partial charge in [0.2, 0.25) is 0 Å². The molecule has 0 unspecified atom stereocenters. The second kappa shape index (κ2) is 11.3. The van der Waals surface area contributed by atoms with Gasteiger partial charge in [0, 0.05) is 44.2 Å². The maximum Gasteiger partial charge on any atom is 0.0620 e. The zero-order valence-electron chi connectivity index (χ0n) is 28.7. The number of nitrogens with zero attached hydrogens (tertiary/aromatic N) is 2. The van der Waals surface area contributed by atoms with Crippen LogP contribution in [0, 0.1) is 0 Å². The van der Waals surface area contributed by atoms with Crippen LogP contribution >= 0.6 is 0 Å². The number of benzene rings is 8. The van der Waals surface area contributed by atoms with Crippen molar-refractivity contribution >= 4 is 49.6 Å². The highest BCUT2D eigenvalue weighted by molar-refractivity contribution is 6.19. The van der Waals surface area contributed by atoms with Gasteiger partial charge >= 0.3 is 0 Å². The van der Waals surface area contributed by atoms with E-state index in [1.54, 1.807) is 0 Å². The molecule has 2 nitrogen and oxygen atoms in total. The van der Waals surface area contributed by atoms with Crippen molar-refractivity contribution in [1.82, 2.24) is 4.57 Å². The molecule has 1 aliphatic carbocycles. The van der Waals surface area contributed by atoms with Gasteiger partial charge in [0.25, 0.3) is 0 Å². The average Bonchev–Trinajstić information content (AvgIpc) is 3.65. The van der Waals surface area contributed by atoms with Crippen molar-refractivity contribution in [2.75, 3.05) is 4.90 Å². The van der Waals surface area contributed by atoms with Crippen molar-refractivity contribution < 1.29 is 0 Å². The zero-order valence-corrected chi connectivity index (χ0v) is 28.7. The maximum atomic E-state index is 2.46. The molecule has 242 valence electrons. The highest BCUT2D eigenvalue weighted by Crippen LogP contribution is 2.51. The Morgan fingerprint density at radius 2 is 1.08 bits per heavy atom. The van der Waals surface area contributed by atoms with Crippen LogP contribution in [0.1, 0.15) is 25.0 Å². The molecule has 10 rings (SSSR count). The topological polar surface area (TPSA) is 8.17 Å². The Balaban J connectivity index is 1.27. The van der Waals surface area contributed by atoms with Gasteiger partial charge in [-0.2, -0.15) is 0 Å². The molecule has 0 atom stereocenters. The molecule has 9 aromatic rings. The molecule has 0 radical (unpaired) electrons. The van der Waals surface area contributed by atoms with Crippen molar-refractivity contribution in [3.8, 4) is 27.9 Å². The fourth-order valence-electron chi connectivity index (χ4n) is 8.56. The Hall–Kier alpha value is -6.38. The Labute approximate surface area is 298 Å². The summed E-state index contributed by atoms with van der Waals surface area (Å²) in [4.78, 5) is 2.46. The van der Waals surface area contributed by atoms with E-state index in [1.165, 1.54) is 66.0 Å². The third kappa shape index (κ3) is 4.50. The summed E-state index contributed by atoms with van der Waals surface area (Å²) in [5.41, 5.74) is 14.7. The number of aromatic nitrogens is 1. The summed E-state index contributed by atoms with van der Waals surface area (Å²) in [6, 6.07) is 66.7. The molecular weight excluding hydrogens is 617 g/mol. The summed E-state index contributed by atoms with van der Waals surface area (Å²) in [6.45, 7) is 4.69. The first kappa shape index (κ1) is 29.5. The van der Waals surface area contributed by atoms with Gasteiger partial charge in [-0.3, -0.25) is 0 Å². The number of fused-ring (bicyclic) bond motifs is 8. The summed E-state index contributed by atoms with van der Waals surface area (Å²) >= 11 is 0. The van der Waals surface area contributed by atoms with Crippen LogP contribution in [-0.4, -0.2) is 4.57 Å². The lowest BCUT2D eigenvalue weighted by molar-refractivity contribution is 0.660. The Kier molecular flexibility index (Phi) is 6.56. The predicted octanol–water partition coefficient (Wildman–Crippen LogP) is 13.4. The van der Waals surface area contributed by atoms with Crippen LogP contribution in [0.25, 0.3) is 60.5 Å². The van der Waals surface area contributed by atoms with E-state index in [9.17, 15) is 0 Å². The third-order valence-electron chi connectivity index (χ3n) is 11.0. The molecule has 8 aromatic carbocycles. The van der Waals surface area contributed by atoms with Crippen molar-refractivity contribution in [3.63, 3.8) is 0 Å². The first-order chi connectivity index (χ1) is 25.1. The number of anilines is 3. The molecule has 0 amide bonds. The Morgan fingerprint density at radius 1 is 0.451 bits per heavy atom. The maximum absolute atomic E-state index is 2.46. The number of rotatable bonds is 5. The second-order valence-corrected chi connectivity index (χ2v) is 14.2. The summed E-state index contributed by atoms with van der Waals surface area (Å²) in [6.07, 6.45) is 0. The number of hydrogen-bond donors (Lipinski definition) is 0. The molecule has 0 N–H and O–H groups in total. The Morgan fingerprint density at radius 3 is 1.92 bits per heavy atom. The summed E-state index contributed by atoms with van der Waals surface area (Å²) < 4.78 is 2.44. The summed E-state index contributed by atoms with van der Waals surface area (Å²) in [5.74, 6) is 0. The summed E-state index contributed by atoms with van der Waals surface area (Å²) in [5, 5.41) is 4.95. The molecule has 0 bridgehead atoms. The van der Waals surface area contributed by atoms with Gasteiger partial charge in [0.05, 0.1) is 16.7 Å². The molecule has 2 heteroatoms. The summed E-state index contributed by atoms with van der Waals surface area (Å²) in [7, 11) is 0. The van der Waals surface area contributed by atoms with E-state index < -0.39 is 0 Å². The minimum Gasteiger partial charge on any atom is -0.310 e. The van der Waals surface area contributed by atoms with E-state index in [-0.39, 0.29) is 5.41 Å². The number of para-hydroxylation sites is 3. The van der Waals surface area contributed by atoms with Crippen LogP contribution in [0.5, 0.6) is 0 Å².